The van der Waals surface area contributed by atoms with Crippen LogP contribution in [0.5, 0.6) is 0 Å². The molecule has 5 nitrogen and oxygen atoms in total. The van der Waals surface area contributed by atoms with Gasteiger partial charge in [-0.15, -0.1) is 0 Å². The minimum atomic E-state index is -2.87. The molecule has 1 fully saturated rings. The zero-order valence-corrected chi connectivity index (χ0v) is 12.7. The maximum atomic E-state index is 11.6. The fraction of sp³-hybridized carbons (Fsp3) is 0.769. The first-order valence-corrected chi connectivity index (χ1v) is 8.74. The van der Waals surface area contributed by atoms with E-state index in [0.29, 0.717) is 12.3 Å². The van der Waals surface area contributed by atoms with Crippen molar-refractivity contribution in [1.82, 2.24) is 15.1 Å². The second-order valence-electron chi connectivity index (χ2n) is 5.49. The first-order valence-electron chi connectivity index (χ1n) is 6.92. The van der Waals surface area contributed by atoms with Crippen LogP contribution in [0.4, 0.5) is 0 Å². The SMILES string of the molecule is CCNCc1cnn(C2CCS(=O)(=O)C2)c1C(C)C. The number of sulfone groups is 1. The summed E-state index contributed by atoms with van der Waals surface area (Å²) in [7, 11) is -2.87. The van der Waals surface area contributed by atoms with Gasteiger partial charge in [-0.3, -0.25) is 4.68 Å². The number of hydrogen-bond donors (Lipinski definition) is 1. The third kappa shape index (κ3) is 3.17. The molecule has 0 bridgehead atoms. The summed E-state index contributed by atoms with van der Waals surface area (Å²) in [5.41, 5.74) is 2.35. The molecule has 6 heteroatoms. The Hall–Kier alpha value is -0.880. The smallest absolute Gasteiger partial charge is 0.152 e. The van der Waals surface area contributed by atoms with Crippen LogP contribution in [-0.2, 0) is 16.4 Å². The first-order chi connectivity index (χ1) is 8.94. The molecule has 0 aromatic carbocycles. The van der Waals surface area contributed by atoms with Gasteiger partial charge in [0, 0.05) is 17.8 Å². The van der Waals surface area contributed by atoms with E-state index in [9.17, 15) is 8.42 Å². The molecule has 1 aromatic rings. The summed E-state index contributed by atoms with van der Waals surface area (Å²) in [6.07, 6.45) is 2.56. The number of hydrogen-bond acceptors (Lipinski definition) is 4. The van der Waals surface area contributed by atoms with Gasteiger partial charge in [-0.05, 0) is 18.9 Å². The summed E-state index contributed by atoms with van der Waals surface area (Å²) in [6.45, 7) is 8.05. The van der Waals surface area contributed by atoms with Gasteiger partial charge in [0.25, 0.3) is 0 Å². The molecular weight excluding hydrogens is 262 g/mol. The van der Waals surface area contributed by atoms with E-state index in [2.05, 4.69) is 31.2 Å². The van der Waals surface area contributed by atoms with Crippen LogP contribution in [0.25, 0.3) is 0 Å². The van der Waals surface area contributed by atoms with Gasteiger partial charge in [0.2, 0.25) is 0 Å². The fourth-order valence-electron chi connectivity index (χ4n) is 2.70. The molecule has 1 aliphatic heterocycles. The monoisotopic (exact) mass is 285 g/mol. The molecule has 0 saturated carbocycles. The van der Waals surface area contributed by atoms with E-state index in [4.69, 9.17) is 0 Å². The number of rotatable bonds is 5. The van der Waals surface area contributed by atoms with Crippen molar-refractivity contribution < 1.29 is 8.42 Å². The second-order valence-corrected chi connectivity index (χ2v) is 7.72. The molecular formula is C13H23N3O2S. The molecule has 1 N–H and O–H groups in total. The third-order valence-corrected chi connectivity index (χ3v) is 5.33. The van der Waals surface area contributed by atoms with Gasteiger partial charge in [-0.1, -0.05) is 20.8 Å². The van der Waals surface area contributed by atoms with Gasteiger partial charge in [0.1, 0.15) is 0 Å². The molecule has 2 rings (SSSR count). The van der Waals surface area contributed by atoms with Crippen molar-refractivity contribution in [2.24, 2.45) is 0 Å². The topological polar surface area (TPSA) is 64.0 Å². The molecule has 2 heterocycles. The van der Waals surface area contributed by atoms with E-state index in [1.165, 1.54) is 11.3 Å². The maximum absolute atomic E-state index is 11.6. The highest BCUT2D eigenvalue weighted by atomic mass is 32.2. The third-order valence-electron chi connectivity index (χ3n) is 3.58. The lowest BCUT2D eigenvalue weighted by molar-refractivity contribution is 0.469. The van der Waals surface area contributed by atoms with E-state index >= 15 is 0 Å². The van der Waals surface area contributed by atoms with Gasteiger partial charge in [-0.2, -0.15) is 5.10 Å². The predicted molar refractivity (Wildman–Crippen MR) is 76.0 cm³/mol. The van der Waals surface area contributed by atoms with Gasteiger partial charge in [0.05, 0.1) is 23.7 Å². The van der Waals surface area contributed by atoms with Crippen LogP contribution in [-0.4, -0.2) is 36.2 Å². The predicted octanol–water partition coefficient (Wildman–Crippen LogP) is 1.48. The Morgan fingerprint density at radius 1 is 1.53 bits per heavy atom. The van der Waals surface area contributed by atoms with Crippen molar-refractivity contribution in [3.63, 3.8) is 0 Å². The van der Waals surface area contributed by atoms with Crippen LogP contribution in [0.3, 0.4) is 0 Å². The minimum absolute atomic E-state index is 0.0118. The summed E-state index contributed by atoms with van der Waals surface area (Å²) < 4.78 is 25.2. The highest BCUT2D eigenvalue weighted by Gasteiger charge is 2.31. The summed E-state index contributed by atoms with van der Waals surface area (Å²) in [6, 6.07) is 0.0118. The van der Waals surface area contributed by atoms with Gasteiger partial charge in [0.15, 0.2) is 9.84 Å². The lowest BCUT2D eigenvalue weighted by Gasteiger charge is -2.17. The molecule has 1 aromatic heterocycles. The minimum Gasteiger partial charge on any atom is -0.313 e. The molecule has 19 heavy (non-hydrogen) atoms. The molecule has 1 unspecified atom stereocenters. The maximum Gasteiger partial charge on any atom is 0.152 e. The van der Waals surface area contributed by atoms with Crippen molar-refractivity contribution in [2.45, 2.75) is 45.7 Å². The molecule has 108 valence electrons. The summed E-state index contributed by atoms with van der Waals surface area (Å²) in [5.74, 6) is 0.867. The molecule has 1 atom stereocenters. The van der Waals surface area contributed by atoms with E-state index in [-0.39, 0.29) is 17.5 Å². The van der Waals surface area contributed by atoms with Crippen molar-refractivity contribution in [3.8, 4) is 0 Å². The number of nitrogens with zero attached hydrogens (tertiary/aromatic N) is 2. The average molecular weight is 285 g/mol. The van der Waals surface area contributed by atoms with Crippen LogP contribution in [0.2, 0.25) is 0 Å². The highest BCUT2D eigenvalue weighted by molar-refractivity contribution is 7.91. The molecule has 0 amide bonds. The van der Waals surface area contributed by atoms with Crippen LogP contribution in [0.15, 0.2) is 6.20 Å². The number of nitrogens with one attached hydrogen (secondary N) is 1. The highest BCUT2D eigenvalue weighted by Crippen LogP contribution is 2.29. The van der Waals surface area contributed by atoms with E-state index in [0.717, 1.165) is 13.1 Å². The van der Waals surface area contributed by atoms with Crippen molar-refractivity contribution in [3.05, 3.63) is 17.5 Å². The van der Waals surface area contributed by atoms with E-state index in [1.807, 2.05) is 10.9 Å². The van der Waals surface area contributed by atoms with E-state index in [1.54, 1.807) is 0 Å². The molecule has 1 aliphatic rings. The molecule has 0 aliphatic carbocycles. The van der Waals surface area contributed by atoms with Crippen molar-refractivity contribution in [1.29, 1.82) is 0 Å². The zero-order valence-electron chi connectivity index (χ0n) is 11.9. The quantitative estimate of drug-likeness (QED) is 0.890. The Bertz CT molecular complexity index is 534. The Morgan fingerprint density at radius 3 is 2.79 bits per heavy atom. The van der Waals surface area contributed by atoms with Crippen molar-refractivity contribution >= 4 is 9.84 Å². The molecule has 1 saturated heterocycles. The Morgan fingerprint density at radius 2 is 2.26 bits per heavy atom. The van der Waals surface area contributed by atoms with Crippen molar-refractivity contribution in [2.75, 3.05) is 18.1 Å². The van der Waals surface area contributed by atoms with E-state index < -0.39 is 9.84 Å². The Balaban J connectivity index is 2.28. The first kappa shape index (κ1) is 14.5. The summed E-state index contributed by atoms with van der Waals surface area (Å²) >= 11 is 0. The average Bonchev–Trinajstić information content (AvgIpc) is 2.89. The van der Waals surface area contributed by atoms with Gasteiger partial charge < -0.3 is 5.32 Å². The zero-order chi connectivity index (χ0) is 14.0. The standard InChI is InChI=1S/C13H23N3O2S/c1-4-14-7-11-8-15-16(13(11)10(2)3)12-5-6-19(17,18)9-12/h8,10,12,14H,4-7,9H2,1-3H3. The summed E-state index contributed by atoms with van der Waals surface area (Å²) in [4.78, 5) is 0. The molecule has 0 spiro atoms. The lowest BCUT2D eigenvalue weighted by atomic mass is 10.0. The van der Waals surface area contributed by atoms with Crippen LogP contribution in [0, 0.1) is 0 Å². The molecule has 0 radical (unpaired) electrons. The Kier molecular flexibility index (Phi) is 4.30. The summed E-state index contributed by atoms with van der Waals surface area (Å²) in [5, 5.41) is 7.76. The second kappa shape index (κ2) is 5.63. The van der Waals surface area contributed by atoms with Gasteiger partial charge >= 0.3 is 0 Å². The largest absolute Gasteiger partial charge is 0.313 e. The van der Waals surface area contributed by atoms with Crippen LogP contribution in [0.1, 0.15) is 50.4 Å². The van der Waals surface area contributed by atoms with Gasteiger partial charge in [-0.25, -0.2) is 8.42 Å². The van der Waals surface area contributed by atoms with Crippen LogP contribution < -0.4 is 5.32 Å². The Labute approximate surface area is 115 Å². The lowest BCUT2D eigenvalue weighted by Crippen LogP contribution is -2.18. The fourth-order valence-corrected chi connectivity index (χ4v) is 4.39. The normalized spacial score (nSPS) is 22.2. The van der Waals surface area contributed by atoms with Crippen LogP contribution >= 0.6 is 0 Å². The number of aromatic nitrogens is 2.